The lowest BCUT2D eigenvalue weighted by molar-refractivity contribution is -0.138. The van der Waals surface area contributed by atoms with E-state index in [2.05, 4.69) is 0 Å². The van der Waals surface area contributed by atoms with E-state index in [9.17, 15) is 18.0 Å². The zero-order valence-electron chi connectivity index (χ0n) is 17.0. The van der Waals surface area contributed by atoms with Crippen molar-refractivity contribution in [3.8, 4) is 0 Å². The van der Waals surface area contributed by atoms with Crippen molar-refractivity contribution >= 4 is 22.2 Å². The van der Waals surface area contributed by atoms with Crippen LogP contribution in [-0.2, 0) is 19.7 Å². The van der Waals surface area contributed by atoms with E-state index in [-0.39, 0.29) is 31.0 Å². The van der Waals surface area contributed by atoms with Gasteiger partial charge in [-0.1, -0.05) is 0 Å². The molecule has 1 unspecified atom stereocenters. The largest absolute Gasteiger partial charge is 0.444 e. The van der Waals surface area contributed by atoms with Gasteiger partial charge in [0.15, 0.2) is 0 Å². The zero-order chi connectivity index (χ0) is 20.4. The molecule has 0 saturated carbocycles. The Kier molecular flexibility index (Phi) is 6.75. The molecule has 0 radical (unpaired) electrons. The number of nitrogens with zero attached hydrogens (tertiary/aromatic N) is 4. The Morgan fingerprint density at radius 1 is 1.00 bits per heavy atom. The summed E-state index contributed by atoms with van der Waals surface area (Å²) in [6.07, 6.45) is 1.10. The molecule has 0 aliphatic carbocycles. The van der Waals surface area contributed by atoms with Gasteiger partial charge < -0.3 is 14.5 Å². The summed E-state index contributed by atoms with van der Waals surface area (Å²) in [4.78, 5) is 28.5. The summed E-state index contributed by atoms with van der Waals surface area (Å²) in [6.45, 7) is 7.71. The van der Waals surface area contributed by atoms with Crippen molar-refractivity contribution < 1.29 is 22.7 Å². The Morgan fingerprint density at radius 3 is 2.11 bits per heavy atom. The average Bonchev–Trinajstić information content (AvgIpc) is 2.59. The minimum absolute atomic E-state index is 0.00911. The Morgan fingerprint density at radius 2 is 1.59 bits per heavy atom. The lowest BCUT2D eigenvalue weighted by atomic mass is 9.96. The van der Waals surface area contributed by atoms with Crippen molar-refractivity contribution in [2.24, 2.45) is 5.92 Å². The fourth-order valence-corrected chi connectivity index (χ4v) is 4.39. The molecule has 2 saturated heterocycles. The number of carbonyl (C=O) groups excluding carboxylic acids is 2. The van der Waals surface area contributed by atoms with Crippen LogP contribution in [0.2, 0.25) is 0 Å². The van der Waals surface area contributed by atoms with Crippen LogP contribution in [0.4, 0.5) is 4.79 Å². The quantitative estimate of drug-likeness (QED) is 0.686. The first kappa shape index (κ1) is 21.9. The van der Waals surface area contributed by atoms with Crippen LogP contribution in [0.25, 0.3) is 0 Å². The van der Waals surface area contributed by atoms with Crippen LogP contribution in [0.5, 0.6) is 0 Å². The van der Waals surface area contributed by atoms with Crippen molar-refractivity contribution in [1.29, 1.82) is 0 Å². The van der Waals surface area contributed by atoms with Crippen LogP contribution in [0, 0.1) is 5.92 Å². The number of piperidine rings is 1. The highest BCUT2D eigenvalue weighted by Crippen LogP contribution is 2.22. The van der Waals surface area contributed by atoms with Gasteiger partial charge in [-0.25, -0.2) is 4.79 Å². The molecular weight excluding hydrogens is 372 g/mol. The van der Waals surface area contributed by atoms with Crippen LogP contribution in [0.15, 0.2) is 0 Å². The lowest BCUT2D eigenvalue weighted by Crippen LogP contribution is -2.55. The van der Waals surface area contributed by atoms with Crippen molar-refractivity contribution in [2.45, 2.75) is 39.2 Å². The van der Waals surface area contributed by atoms with E-state index in [1.807, 2.05) is 20.8 Å². The monoisotopic (exact) mass is 404 g/mol. The molecule has 9 nitrogen and oxygen atoms in total. The van der Waals surface area contributed by atoms with Gasteiger partial charge in [0.25, 0.3) is 10.2 Å². The Labute approximate surface area is 162 Å². The molecule has 2 rings (SSSR count). The van der Waals surface area contributed by atoms with E-state index in [1.54, 1.807) is 9.80 Å². The molecule has 27 heavy (non-hydrogen) atoms. The molecule has 2 fully saturated rings. The third kappa shape index (κ3) is 5.55. The molecule has 2 aliphatic rings. The second kappa shape index (κ2) is 8.32. The van der Waals surface area contributed by atoms with Gasteiger partial charge in [-0.15, -0.1) is 0 Å². The third-order valence-electron chi connectivity index (χ3n) is 4.76. The third-order valence-corrected chi connectivity index (χ3v) is 6.70. The highest BCUT2D eigenvalue weighted by atomic mass is 32.2. The standard InChI is InChI=1S/C17H32N4O5S/c1-17(2,3)26-16(23)20-8-6-7-14(13-20)15(22)19-9-11-21(12-10-19)27(24,25)18(4)5/h14H,6-13H2,1-5H3. The van der Waals surface area contributed by atoms with E-state index in [1.165, 1.54) is 22.7 Å². The number of piperazine rings is 1. The number of hydrogen-bond donors (Lipinski definition) is 0. The number of amides is 2. The summed E-state index contributed by atoms with van der Waals surface area (Å²) in [5, 5.41) is 0. The van der Waals surface area contributed by atoms with Gasteiger partial charge in [-0.3, -0.25) is 4.79 Å². The van der Waals surface area contributed by atoms with Crippen LogP contribution >= 0.6 is 0 Å². The Bertz CT molecular complexity index is 651. The number of rotatable bonds is 3. The molecule has 10 heteroatoms. The normalized spacial score (nSPS) is 22.8. The first-order valence-corrected chi connectivity index (χ1v) is 10.8. The molecule has 0 aromatic carbocycles. The number of hydrogen-bond acceptors (Lipinski definition) is 5. The van der Waals surface area contributed by atoms with Crippen LogP contribution in [0.3, 0.4) is 0 Å². The van der Waals surface area contributed by atoms with Gasteiger partial charge in [-0.05, 0) is 33.6 Å². The van der Waals surface area contributed by atoms with Crippen LogP contribution in [0.1, 0.15) is 33.6 Å². The Balaban J connectivity index is 1.92. The highest BCUT2D eigenvalue weighted by molar-refractivity contribution is 7.86. The molecule has 0 bridgehead atoms. The molecule has 2 heterocycles. The molecule has 0 spiro atoms. The maximum Gasteiger partial charge on any atom is 0.410 e. The summed E-state index contributed by atoms with van der Waals surface area (Å²) < 4.78 is 32.4. The van der Waals surface area contributed by atoms with Gasteiger partial charge in [-0.2, -0.15) is 17.0 Å². The van der Waals surface area contributed by atoms with Crippen molar-refractivity contribution in [1.82, 2.24) is 18.4 Å². The zero-order valence-corrected chi connectivity index (χ0v) is 17.8. The second-order valence-corrected chi connectivity index (χ2v) is 10.4. The predicted molar refractivity (Wildman–Crippen MR) is 101 cm³/mol. The van der Waals surface area contributed by atoms with Crippen molar-refractivity contribution in [3.63, 3.8) is 0 Å². The number of likely N-dealkylation sites (tertiary alicyclic amines) is 1. The second-order valence-electron chi connectivity index (χ2n) is 8.28. The van der Waals surface area contributed by atoms with E-state index >= 15 is 0 Å². The summed E-state index contributed by atoms with van der Waals surface area (Å²) in [5.74, 6) is -0.270. The maximum atomic E-state index is 12.9. The minimum atomic E-state index is -3.45. The highest BCUT2D eigenvalue weighted by Gasteiger charge is 2.36. The van der Waals surface area contributed by atoms with Gasteiger partial charge in [0.1, 0.15) is 5.60 Å². The molecule has 0 aromatic heterocycles. The lowest BCUT2D eigenvalue weighted by Gasteiger charge is -2.39. The molecule has 156 valence electrons. The van der Waals surface area contributed by atoms with E-state index in [0.717, 1.165) is 12.8 Å². The smallest absolute Gasteiger partial charge is 0.410 e. The van der Waals surface area contributed by atoms with Gasteiger partial charge in [0.2, 0.25) is 5.91 Å². The first-order chi connectivity index (χ1) is 12.4. The fraction of sp³-hybridized carbons (Fsp3) is 0.882. The van der Waals surface area contributed by atoms with E-state index in [4.69, 9.17) is 4.74 Å². The topological polar surface area (TPSA) is 90.5 Å². The number of ether oxygens (including phenoxy) is 1. The molecule has 2 amide bonds. The summed E-state index contributed by atoms with van der Waals surface area (Å²) in [6, 6.07) is 0. The van der Waals surface area contributed by atoms with Gasteiger partial charge in [0, 0.05) is 53.4 Å². The number of carbonyl (C=O) groups is 2. The average molecular weight is 405 g/mol. The van der Waals surface area contributed by atoms with Crippen LogP contribution < -0.4 is 0 Å². The molecular formula is C17H32N4O5S. The molecule has 1 atom stereocenters. The molecule has 0 N–H and O–H groups in total. The SMILES string of the molecule is CN(C)S(=O)(=O)N1CCN(C(=O)C2CCCN(C(=O)OC(C)(C)C)C2)CC1. The Hall–Kier alpha value is -1.39. The maximum absolute atomic E-state index is 12.9. The summed E-state index contributed by atoms with van der Waals surface area (Å²) in [7, 11) is -0.452. The van der Waals surface area contributed by atoms with E-state index < -0.39 is 15.8 Å². The fourth-order valence-electron chi connectivity index (χ4n) is 3.30. The van der Waals surface area contributed by atoms with E-state index in [0.29, 0.717) is 26.2 Å². The summed E-state index contributed by atoms with van der Waals surface area (Å²) >= 11 is 0. The summed E-state index contributed by atoms with van der Waals surface area (Å²) in [5.41, 5.74) is -0.567. The van der Waals surface area contributed by atoms with Crippen molar-refractivity contribution in [2.75, 3.05) is 53.4 Å². The van der Waals surface area contributed by atoms with Gasteiger partial charge >= 0.3 is 6.09 Å². The molecule has 0 aromatic rings. The van der Waals surface area contributed by atoms with Crippen molar-refractivity contribution in [3.05, 3.63) is 0 Å². The molecule has 2 aliphatic heterocycles. The predicted octanol–water partition coefficient (Wildman–Crippen LogP) is 0.584. The van der Waals surface area contributed by atoms with Gasteiger partial charge in [0.05, 0.1) is 5.92 Å². The first-order valence-electron chi connectivity index (χ1n) is 9.36. The van der Waals surface area contributed by atoms with Crippen LogP contribution in [-0.4, -0.2) is 97.8 Å². The minimum Gasteiger partial charge on any atom is -0.444 e.